The van der Waals surface area contributed by atoms with E-state index in [0.29, 0.717) is 31.3 Å². The molecule has 0 aliphatic rings. The summed E-state index contributed by atoms with van der Waals surface area (Å²) < 4.78 is 23.1. The van der Waals surface area contributed by atoms with Crippen molar-refractivity contribution >= 4 is 5.69 Å². The molecule has 0 saturated heterocycles. The van der Waals surface area contributed by atoms with Crippen molar-refractivity contribution in [3.05, 3.63) is 24.0 Å². The van der Waals surface area contributed by atoms with Crippen molar-refractivity contribution in [1.29, 1.82) is 0 Å². The number of rotatable bonds is 5. The maximum absolute atomic E-state index is 12.8. The van der Waals surface area contributed by atoms with Gasteiger partial charge in [0.2, 0.25) is 0 Å². The summed E-state index contributed by atoms with van der Waals surface area (Å²) in [6, 6.07) is 4.12. The summed E-state index contributed by atoms with van der Waals surface area (Å²) in [5, 5.41) is 0. The number of nitrogens with two attached hydrogens (primary N) is 1. The van der Waals surface area contributed by atoms with E-state index in [9.17, 15) is 4.39 Å². The van der Waals surface area contributed by atoms with Gasteiger partial charge >= 0.3 is 0 Å². The van der Waals surface area contributed by atoms with Gasteiger partial charge in [0.1, 0.15) is 18.2 Å². The first-order valence-electron chi connectivity index (χ1n) is 4.49. The van der Waals surface area contributed by atoms with Gasteiger partial charge in [-0.1, -0.05) is 0 Å². The third-order valence-corrected chi connectivity index (χ3v) is 1.59. The monoisotopic (exact) mass is 199 g/mol. The lowest BCUT2D eigenvalue weighted by molar-refractivity contribution is 0.110. The zero-order valence-corrected chi connectivity index (χ0v) is 8.13. The molecule has 1 rings (SSSR count). The number of hydrogen-bond donors (Lipinski definition) is 1. The summed E-state index contributed by atoms with van der Waals surface area (Å²) >= 11 is 0. The fourth-order valence-corrected chi connectivity index (χ4v) is 1.03. The molecule has 0 aliphatic carbocycles. The molecular weight excluding hydrogens is 185 g/mol. The van der Waals surface area contributed by atoms with Crippen LogP contribution in [0.5, 0.6) is 5.75 Å². The van der Waals surface area contributed by atoms with Crippen LogP contribution in [0.2, 0.25) is 0 Å². The summed E-state index contributed by atoms with van der Waals surface area (Å²) in [5.41, 5.74) is 5.80. The molecule has 0 unspecified atom stereocenters. The van der Waals surface area contributed by atoms with E-state index in [1.165, 1.54) is 12.1 Å². The summed E-state index contributed by atoms with van der Waals surface area (Å²) in [4.78, 5) is 0. The summed E-state index contributed by atoms with van der Waals surface area (Å²) in [7, 11) is 0. The van der Waals surface area contributed by atoms with Crippen molar-refractivity contribution in [3.8, 4) is 5.75 Å². The van der Waals surface area contributed by atoms with Crippen LogP contribution >= 0.6 is 0 Å². The second-order valence-corrected chi connectivity index (χ2v) is 2.77. The zero-order chi connectivity index (χ0) is 10.4. The largest absolute Gasteiger partial charge is 0.491 e. The molecule has 1 aromatic rings. The Morgan fingerprint density at radius 3 is 2.71 bits per heavy atom. The Labute approximate surface area is 82.6 Å². The van der Waals surface area contributed by atoms with E-state index in [0.717, 1.165) is 0 Å². The molecule has 78 valence electrons. The molecule has 0 fully saturated rings. The number of benzene rings is 1. The average molecular weight is 199 g/mol. The van der Waals surface area contributed by atoms with Gasteiger partial charge in [-0.15, -0.1) is 0 Å². The van der Waals surface area contributed by atoms with Gasteiger partial charge in [-0.25, -0.2) is 4.39 Å². The SMILES string of the molecule is CCOCCOc1cc(N)cc(F)c1. The Balaban J connectivity index is 2.42. The topological polar surface area (TPSA) is 44.5 Å². The molecular formula is C10H14FNO2. The van der Waals surface area contributed by atoms with Crippen LogP contribution < -0.4 is 10.5 Å². The van der Waals surface area contributed by atoms with E-state index in [1.54, 1.807) is 6.07 Å². The number of hydrogen-bond acceptors (Lipinski definition) is 3. The molecule has 0 amide bonds. The quantitative estimate of drug-likeness (QED) is 0.581. The van der Waals surface area contributed by atoms with Crippen molar-refractivity contribution < 1.29 is 13.9 Å². The normalized spacial score (nSPS) is 10.1. The van der Waals surface area contributed by atoms with E-state index >= 15 is 0 Å². The highest BCUT2D eigenvalue weighted by Gasteiger charge is 1.98. The molecule has 3 nitrogen and oxygen atoms in total. The van der Waals surface area contributed by atoms with Crippen LogP contribution in [0.4, 0.5) is 10.1 Å². The molecule has 0 radical (unpaired) electrons. The van der Waals surface area contributed by atoms with Gasteiger partial charge in [-0.2, -0.15) is 0 Å². The van der Waals surface area contributed by atoms with Crippen molar-refractivity contribution in [2.75, 3.05) is 25.6 Å². The minimum Gasteiger partial charge on any atom is -0.491 e. The van der Waals surface area contributed by atoms with Gasteiger partial charge in [0.25, 0.3) is 0 Å². The van der Waals surface area contributed by atoms with Crippen molar-refractivity contribution in [2.24, 2.45) is 0 Å². The minimum atomic E-state index is -0.392. The first-order valence-corrected chi connectivity index (χ1v) is 4.49. The molecule has 0 atom stereocenters. The maximum Gasteiger partial charge on any atom is 0.128 e. The number of nitrogen functional groups attached to an aromatic ring is 1. The number of halogens is 1. The van der Waals surface area contributed by atoms with E-state index in [2.05, 4.69) is 0 Å². The Morgan fingerprint density at radius 1 is 1.29 bits per heavy atom. The molecule has 0 bridgehead atoms. The van der Waals surface area contributed by atoms with Crippen LogP contribution in [-0.4, -0.2) is 19.8 Å². The van der Waals surface area contributed by atoms with Crippen LogP contribution in [0.1, 0.15) is 6.92 Å². The van der Waals surface area contributed by atoms with Gasteiger partial charge in [0.05, 0.1) is 6.61 Å². The zero-order valence-electron chi connectivity index (χ0n) is 8.13. The van der Waals surface area contributed by atoms with Crippen LogP contribution in [0.3, 0.4) is 0 Å². The van der Waals surface area contributed by atoms with Gasteiger partial charge < -0.3 is 15.2 Å². The third-order valence-electron chi connectivity index (χ3n) is 1.59. The highest BCUT2D eigenvalue weighted by atomic mass is 19.1. The molecule has 2 N–H and O–H groups in total. The van der Waals surface area contributed by atoms with Gasteiger partial charge in [-0.05, 0) is 13.0 Å². The highest BCUT2D eigenvalue weighted by molar-refractivity contribution is 5.44. The van der Waals surface area contributed by atoms with Crippen molar-refractivity contribution in [3.63, 3.8) is 0 Å². The first kappa shape index (κ1) is 10.8. The Morgan fingerprint density at radius 2 is 2.07 bits per heavy atom. The number of anilines is 1. The van der Waals surface area contributed by atoms with Crippen LogP contribution in [0.15, 0.2) is 18.2 Å². The summed E-state index contributed by atoms with van der Waals surface area (Å²) in [6.45, 7) is 3.44. The Hall–Kier alpha value is -1.29. The van der Waals surface area contributed by atoms with E-state index in [1.807, 2.05) is 6.92 Å². The van der Waals surface area contributed by atoms with Crippen LogP contribution in [0, 0.1) is 5.82 Å². The van der Waals surface area contributed by atoms with Crippen molar-refractivity contribution in [2.45, 2.75) is 6.92 Å². The second-order valence-electron chi connectivity index (χ2n) is 2.77. The smallest absolute Gasteiger partial charge is 0.128 e. The average Bonchev–Trinajstić information content (AvgIpc) is 2.11. The second kappa shape index (κ2) is 5.44. The molecule has 4 heteroatoms. The first-order chi connectivity index (χ1) is 6.72. The molecule has 1 aromatic carbocycles. The highest BCUT2D eigenvalue weighted by Crippen LogP contribution is 2.17. The van der Waals surface area contributed by atoms with E-state index in [-0.39, 0.29) is 0 Å². The lowest BCUT2D eigenvalue weighted by atomic mass is 10.3. The lowest BCUT2D eigenvalue weighted by Crippen LogP contribution is -2.06. The van der Waals surface area contributed by atoms with Gasteiger partial charge in [0.15, 0.2) is 0 Å². The molecule has 0 spiro atoms. The molecule has 0 aromatic heterocycles. The van der Waals surface area contributed by atoms with Crippen molar-refractivity contribution in [1.82, 2.24) is 0 Å². The minimum absolute atomic E-state index is 0.358. The van der Waals surface area contributed by atoms with E-state index in [4.69, 9.17) is 15.2 Å². The van der Waals surface area contributed by atoms with Gasteiger partial charge in [0, 0.05) is 24.4 Å². The fraction of sp³-hybridized carbons (Fsp3) is 0.400. The molecule has 0 aliphatic heterocycles. The molecule has 0 saturated carbocycles. The third kappa shape index (κ3) is 3.62. The summed E-state index contributed by atoms with van der Waals surface area (Å²) in [5.74, 6) is 0.0404. The fourth-order valence-electron chi connectivity index (χ4n) is 1.03. The lowest BCUT2D eigenvalue weighted by Gasteiger charge is -2.06. The standard InChI is InChI=1S/C10H14FNO2/c1-2-13-3-4-14-10-6-8(11)5-9(12)7-10/h5-7H,2-4,12H2,1H3. The van der Waals surface area contributed by atoms with Crippen LogP contribution in [-0.2, 0) is 4.74 Å². The molecule has 14 heavy (non-hydrogen) atoms. The number of ether oxygens (including phenoxy) is 2. The Kier molecular flexibility index (Phi) is 4.19. The summed E-state index contributed by atoms with van der Waals surface area (Å²) in [6.07, 6.45) is 0. The van der Waals surface area contributed by atoms with Crippen LogP contribution in [0.25, 0.3) is 0 Å². The predicted octanol–water partition coefficient (Wildman–Crippen LogP) is 1.82. The van der Waals surface area contributed by atoms with E-state index < -0.39 is 5.82 Å². The Bertz CT molecular complexity index is 271. The van der Waals surface area contributed by atoms with Gasteiger partial charge in [-0.3, -0.25) is 0 Å². The maximum atomic E-state index is 12.8. The molecule has 0 heterocycles. The predicted molar refractivity (Wildman–Crippen MR) is 52.8 cm³/mol.